The Kier molecular flexibility index (Phi) is 9.25. The lowest BCUT2D eigenvalue weighted by Crippen LogP contribution is -2.55. The van der Waals surface area contributed by atoms with Crippen molar-refractivity contribution in [2.45, 2.75) is 87.5 Å². The number of nitrogens with one attached hydrogen (secondary N) is 1. The smallest absolute Gasteiger partial charge is 0.264 e. The van der Waals surface area contributed by atoms with Crippen molar-refractivity contribution in [3.05, 3.63) is 90.0 Å². The molecule has 0 radical (unpaired) electrons. The Bertz CT molecular complexity index is 1860. The summed E-state index contributed by atoms with van der Waals surface area (Å²) >= 11 is 0. The second kappa shape index (κ2) is 13.7. The second-order valence-corrected chi connectivity index (χ2v) is 20.1. The summed E-state index contributed by atoms with van der Waals surface area (Å²) in [5.41, 5.74) is 1.99. The standard InChI is InChI=1S/C41H51N5O6Si/c1-28-37(53(2,3)51)35(24-36(48)43-23-9-12-32(43)26-47)52-41(28)33-13-7-8-14-34(33)44(39(41)50)25-29-15-17-30(18-16-29)45-27-46(31-10-5-4-6-11-31)40(38(45)49)19-21-42-22-20-40/h4-8,10-11,13-18,28,32,35,37,42,47,51H,9,12,19-27H2,1-3H3/t28-,32+,35+,37-,41+/m1/s1. The molecule has 5 atom stereocenters. The number of fused-ring (bicyclic) bond motifs is 2. The molecule has 0 aromatic heterocycles. The fourth-order valence-electron chi connectivity index (χ4n) is 10.2. The Morgan fingerprint density at radius 1 is 0.943 bits per heavy atom. The third-order valence-electron chi connectivity index (χ3n) is 12.7. The molecule has 12 heteroatoms. The van der Waals surface area contributed by atoms with Crippen LogP contribution >= 0.6 is 0 Å². The summed E-state index contributed by atoms with van der Waals surface area (Å²) in [7, 11) is -2.94. The highest BCUT2D eigenvalue weighted by Crippen LogP contribution is 2.60. The van der Waals surface area contributed by atoms with Gasteiger partial charge in [-0.2, -0.15) is 0 Å². The normalized spacial score (nSPS) is 28.2. The number of carbonyl (C=O) groups excluding carboxylic acids is 3. The number of para-hydroxylation sites is 2. The Hall–Kier alpha value is -4.07. The number of aliphatic hydroxyl groups excluding tert-OH is 1. The highest BCUT2D eigenvalue weighted by atomic mass is 28.4. The number of anilines is 3. The van der Waals surface area contributed by atoms with Gasteiger partial charge in [0.1, 0.15) is 5.54 Å². The SMILES string of the molecule is C[C@@H]1[C@@H]([Si](C)(C)O)[C@H](CC(=O)N2CCC[C@H]2CO)O[C@@]12C(=O)N(Cc1ccc(N3CN(c4ccccc4)C4(CCNCC4)C3=O)cc1)c1ccccc12. The van der Waals surface area contributed by atoms with Crippen LogP contribution in [0.2, 0.25) is 18.6 Å². The molecule has 5 heterocycles. The zero-order chi connectivity index (χ0) is 37.1. The molecule has 3 N–H and O–H groups in total. The zero-order valence-corrected chi connectivity index (χ0v) is 31.9. The highest BCUT2D eigenvalue weighted by molar-refractivity contribution is 6.71. The molecular weight excluding hydrogens is 687 g/mol. The molecule has 0 saturated carbocycles. The lowest BCUT2D eigenvalue weighted by atomic mass is 9.82. The third-order valence-corrected chi connectivity index (χ3v) is 15.2. The number of hydrogen-bond acceptors (Lipinski definition) is 8. The maximum Gasteiger partial charge on any atom is 0.264 e. The molecule has 280 valence electrons. The van der Waals surface area contributed by atoms with E-state index in [0.717, 1.165) is 67.0 Å². The van der Waals surface area contributed by atoms with Crippen molar-refractivity contribution < 1.29 is 29.0 Å². The number of carbonyl (C=O) groups is 3. The van der Waals surface area contributed by atoms with Gasteiger partial charge in [0.25, 0.3) is 11.8 Å². The van der Waals surface area contributed by atoms with Gasteiger partial charge in [-0.25, -0.2) is 0 Å². The average Bonchev–Trinajstić information content (AvgIpc) is 3.89. The molecule has 0 bridgehead atoms. The molecule has 5 aliphatic rings. The minimum absolute atomic E-state index is 0.0515. The maximum absolute atomic E-state index is 14.9. The summed E-state index contributed by atoms with van der Waals surface area (Å²) < 4.78 is 6.89. The van der Waals surface area contributed by atoms with Gasteiger partial charge in [-0.15, -0.1) is 0 Å². The highest BCUT2D eigenvalue weighted by Gasteiger charge is 2.66. The molecule has 2 spiro atoms. The lowest BCUT2D eigenvalue weighted by molar-refractivity contribution is -0.150. The first-order valence-electron chi connectivity index (χ1n) is 19.2. The van der Waals surface area contributed by atoms with Crippen LogP contribution in [-0.2, 0) is 31.3 Å². The molecule has 5 aliphatic heterocycles. The molecule has 53 heavy (non-hydrogen) atoms. The molecule has 4 fully saturated rings. The minimum Gasteiger partial charge on any atom is -0.432 e. The number of likely N-dealkylation sites (tertiary alicyclic amines) is 1. The fraction of sp³-hybridized carbons (Fsp3) is 0.488. The average molecular weight is 738 g/mol. The van der Waals surface area contributed by atoms with E-state index >= 15 is 0 Å². The van der Waals surface area contributed by atoms with Crippen LogP contribution in [0.5, 0.6) is 0 Å². The largest absolute Gasteiger partial charge is 0.432 e. The van der Waals surface area contributed by atoms with E-state index in [1.807, 2.05) is 91.6 Å². The summed E-state index contributed by atoms with van der Waals surface area (Å²) in [4.78, 5) is 62.0. The van der Waals surface area contributed by atoms with Crippen molar-refractivity contribution in [1.29, 1.82) is 0 Å². The summed E-state index contributed by atoms with van der Waals surface area (Å²) in [6.45, 7) is 8.56. The molecule has 0 unspecified atom stereocenters. The number of amides is 3. The van der Waals surface area contributed by atoms with E-state index in [1.165, 1.54) is 0 Å². The van der Waals surface area contributed by atoms with Crippen molar-refractivity contribution in [1.82, 2.24) is 10.2 Å². The lowest BCUT2D eigenvalue weighted by Gasteiger charge is -2.39. The van der Waals surface area contributed by atoms with E-state index in [0.29, 0.717) is 19.8 Å². The number of piperidine rings is 1. The van der Waals surface area contributed by atoms with Crippen molar-refractivity contribution in [2.24, 2.45) is 5.92 Å². The van der Waals surface area contributed by atoms with Gasteiger partial charge in [0.2, 0.25) is 5.91 Å². The predicted octanol–water partition coefficient (Wildman–Crippen LogP) is 4.34. The maximum atomic E-state index is 14.9. The van der Waals surface area contributed by atoms with Crippen molar-refractivity contribution >= 4 is 43.1 Å². The molecule has 8 rings (SSSR count). The summed E-state index contributed by atoms with van der Waals surface area (Å²) in [5, 5.41) is 13.3. The summed E-state index contributed by atoms with van der Waals surface area (Å²) in [5.74, 6) is -0.562. The van der Waals surface area contributed by atoms with E-state index < -0.39 is 25.6 Å². The monoisotopic (exact) mass is 737 g/mol. The first kappa shape index (κ1) is 35.9. The molecule has 3 aromatic rings. The van der Waals surface area contributed by atoms with Crippen LogP contribution in [0.15, 0.2) is 78.9 Å². The minimum atomic E-state index is -2.94. The van der Waals surface area contributed by atoms with Gasteiger partial charge in [0.05, 0.1) is 44.1 Å². The molecule has 4 saturated heterocycles. The van der Waals surface area contributed by atoms with E-state index in [9.17, 15) is 24.3 Å². The quantitative estimate of drug-likeness (QED) is 0.292. The number of ether oxygens (including phenoxy) is 1. The van der Waals surface area contributed by atoms with Crippen LogP contribution in [0, 0.1) is 5.92 Å². The van der Waals surface area contributed by atoms with Crippen molar-refractivity contribution in [2.75, 3.05) is 47.6 Å². The van der Waals surface area contributed by atoms with Gasteiger partial charge in [-0.05, 0) is 87.8 Å². The number of benzene rings is 3. The van der Waals surface area contributed by atoms with Gasteiger partial charge in [-0.1, -0.05) is 55.5 Å². The van der Waals surface area contributed by atoms with Gasteiger partial charge in [0.15, 0.2) is 13.9 Å². The van der Waals surface area contributed by atoms with E-state index in [2.05, 4.69) is 22.3 Å². The summed E-state index contributed by atoms with van der Waals surface area (Å²) in [6, 6.07) is 25.6. The van der Waals surface area contributed by atoms with E-state index in [1.54, 1.807) is 9.80 Å². The number of rotatable bonds is 8. The Labute approximate surface area is 312 Å². The van der Waals surface area contributed by atoms with Crippen molar-refractivity contribution in [3.8, 4) is 0 Å². The van der Waals surface area contributed by atoms with Crippen LogP contribution in [0.25, 0.3) is 0 Å². The first-order chi connectivity index (χ1) is 25.5. The third kappa shape index (κ3) is 5.81. The van der Waals surface area contributed by atoms with Crippen LogP contribution in [0.3, 0.4) is 0 Å². The van der Waals surface area contributed by atoms with Gasteiger partial charge in [0, 0.05) is 34.9 Å². The Balaban J connectivity index is 1.05. The van der Waals surface area contributed by atoms with Crippen LogP contribution < -0.4 is 20.0 Å². The van der Waals surface area contributed by atoms with Gasteiger partial charge >= 0.3 is 0 Å². The molecular formula is C41H51N5O6Si. The van der Waals surface area contributed by atoms with E-state index in [-0.39, 0.29) is 48.3 Å². The zero-order valence-electron chi connectivity index (χ0n) is 30.9. The summed E-state index contributed by atoms with van der Waals surface area (Å²) in [6.07, 6.45) is 2.49. The van der Waals surface area contributed by atoms with Crippen LogP contribution in [-0.4, -0.2) is 91.4 Å². The second-order valence-electron chi connectivity index (χ2n) is 16.1. The Morgan fingerprint density at radius 3 is 2.34 bits per heavy atom. The molecule has 3 aromatic carbocycles. The molecule has 11 nitrogen and oxygen atoms in total. The van der Waals surface area contributed by atoms with Gasteiger partial charge in [-0.3, -0.25) is 19.3 Å². The topological polar surface area (TPSA) is 126 Å². The Morgan fingerprint density at radius 2 is 1.64 bits per heavy atom. The number of hydrogen-bond donors (Lipinski definition) is 3. The predicted molar refractivity (Wildman–Crippen MR) is 206 cm³/mol. The molecule has 0 aliphatic carbocycles. The fourth-order valence-corrected chi connectivity index (χ4v) is 12.7. The first-order valence-corrected chi connectivity index (χ1v) is 22.2. The number of nitrogens with zero attached hydrogens (tertiary/aromatic N) is 4. The van der Waals surface area contributed by atoms with Crippen LogP contribution in [0.1, 0.15) is 50.2 Å². The molecule has 3 amide bonds. The van der Waals surface area contributed by atoms with Gasteiger partial charge < -0.3 is 34.7 Å². The number of aliphatic hydroxyl groups is 1. The van der Waals surface area contributed by atoms with Crippen LogP contribution in [0.4, 0.5) is 17.1 Å². The van der Waals surface area contributed by atoms with Crippen molar-refractivity contribution in [3.63, 3.8) is 0 Å². The van der Waals surface area contributed by atoms with E-state index in [4.69, 9.17) is 4.74 Å².